The zero-order valence-corrected chi connectivity index (χ0v) is 14.8. The van der Waals surface area contributed by atoms with Crippen LogP contribution in [0, 0.1) is 0 Å². The quantitative estimate of drug-likeness (QED) is 0.781. The highest BCUT2D eigenvalue weighted by Crippen LogP contribution is 2.31. The lowest BCUT2D eigenvalue weighted by atomic mass is 10.1. The van der Waals surface area contributed by atoms with Crippen LogP contribution < -0.4 is 15.5 Å². The van der Waals surface area contributed by atoms with Crippen LogP contribution in [-0.2, 0) is 6.42 Å². The lowest BCUT2D eigenvalue weighted by Gasteiger charge is -2.13. The van der Waals surface area contributed by atoms with Gasteiger partial charge in [0.15, 0.2) is 0 Å². The van der Waals surface area contributed by atoms with Crippen LogP contribution in [-0.4, -0.2) is 17.1 Å². The van der Waals surface area contributed by atoms with Gasteiger partial charge in [0, 0.05) is 23.3 Å². The van der Waals surface area contributed by atoms with Crippen LogP contribution >= 0.6 is 0 Å². The largest absolute Gasteiger partial charge is 0.494 e. The zero-order chi connectivity index (χ0) is 18.3. The Hall–Kier alpha value is -3.08. The van der Waals surface area contributed by atoms with Gasteiger partial charge >= 0.3 is 0 Å². The van der Waals surface area contributed by atoms with Gasteiger partial charge in [-0.15, -0.1) is 0 Å². The smallest absolute Gasteiger partial charge is 0.261 e. The van der Waals surface area contributed by atoms with E-state index in [2.05, 4.69) is 12.2 Å². The van der Waals surface area contributed by atoms with E-state index in [1.807, 2.05) is 23.6 Å². The fourth-order valence-corrected chi connectivity index (χ4v) is 3.58. The van der Waals surface area contributed by atoms with Crippen LogP contribution in [0.5, 0.6) is 5.75 Å². The van der Waals surface area contributed by atoms with Gasteiger partial charge in [-0.25, -0.2) is 0 Å². The molecule has 0 saturated carbocycles. The van der Waals surface area contributed by atoms with E-state index in [0.717, 1.165) is 23.3 Å². The molecule has 0 aliphatic carbocycles. The number of nitrogens with zero attached hydrogens (tertiary/aromatic N) is 1. The molecule has 1 amide bonds. The predicted molar refractivity (Wildman–Crippen MR) is 102 cm³/mol. The van der Waals surface area contributed by atoms with Crippen LogP contribution in [0.2, 0.25) is 0 Å². The molecule has 0 spiro atoms. The molecule has 5 nitrogen and oxygen atoms in total. The molecule has 1 N–H and O–H groups in total. The molecule has 2 heterocycles. The number of amides is 1. The van der Waals surface area contributed by atoms with Gasteiger partial charge in [0.2, 0.25) is 5.43 Å². The molecule has 0 saturated heterocycles. The molecule has 0 fully saturated rings. The van der Waals surface area contributed by atoms with Gasteiger partial charge in [0.25, 0.3) is 5.91 Å². The normalized spacial score (nSPS) is 15.2. The number of hydrogen-bond donors (Lipinski definition) is 1. The van der Waals surface area contributed by atoms with Crippen LogP contribution in [0.4, 0.5) is 5.69 Å². The standard InChI is InChI=1S/C21H20N2O3/c1-3-26-16-9-7-15(8-10-16)22-21(25)18-12-23-13(2)11-14-5-4-6-17(19(14)23)20(18)24/h4-10,12-13H,3,11H2,1-2H3,(H,22,25). The van der Waals surface area contributed by atoms with Crippen LogP contribution in [0.25, 0.3) is 10.9 Å². The number of carbonyl (C=O) groups is 1. The summed E-state index contributed by atoms with van der Waals surface area (Å²) in [4.78, 5) is 25.6. The minimum Gasteiger partial charge on any atom is -0.494 e. The summed E-state index contributed by atoms with van der Waals surface area (Å²) in [5, 5.41) is 3.41. The molecule has 0 bridgehead atoms. The van der Waals surface area contributed by atoms with Crippen molar-refractivity contribution in [3.8, 4) is 5.75 Å². The van der Waals surface area contributed by atoms with Gasteiger partial charge in [0.1, 0.15) is 11.3 Å². The van der Waals surface area contributed by atoms with E-state index in [0.29, 0.717) is 17.7 Å². The highest BCUT2D eigenvalue weighted by molar-refractivity contribution is 6.06. The SMILES string of the molecule is CCOc1ccc(NC(=O)c2cn3c4c(cccc4c2=O)CC3C)cc1. The maximum atomic E-state index is 12.8. The van der Waals surface area contributed by atoms with Crippen molar-refractivity contribution in [3.63, 3.8) is 0 Å². The molecule has 3 aromatic rings. The first-order valence-electron chi connectivity index (χ1n) is 8.79. The summed E-state index contributed by atoms with van der Waals surface area (Å²) in [6.45, 7) is 4.60. The summed E-state index contributed by atoms with van der Waals surface area (Å²) in [6, 6.07) is 13.1. The van der Waals surface area contributed by atoms with Crippen molar-refractivity contribution >= 4 is 22.5 Å². The van der Waals surface area contributed by atoms with Crippen molar-refractivity contribution in [1.82, 2.24) is 4.57 Å². The zero-order valence-electron chi connectivity index (χ0n) is 14.8. The molecule has 1 aliphatic heterocycles. The first-order valence-corrected chi connectivity index (χ1v) is 8.79. The average Bonchev–Trinajstić information content (AvgIpc) is 2.96. The molecule has 1 aromatic heterocycles. The lowest BCUT2D eigenvalue weighted by molar-refractivity contribution is 0.102. The van der Waals surface area contributed by atoms with Gasteiger partial charge in [-0.1, -0.05) is 12.1 Å². The Labute approximate surface area is 151 Å². The second kappa shape index (κ2) is 6.33. The topological polar surface area (TPSA) is 60.3 Å². The Morgan fingerprint density at radius 3 is 2.73 bits per heavy atom. The number of hydrogen-bond acceptors (Lipinski definition) is 3. The van der Waals surface area contributed by atoms with Crippen LogP contribution in [0.3, 0.4) is 0 Å². The molecule has 26 heavy (non-hydrogen) atoms. The van der Waals surface area contributed by atoms with E-state index in [-0.39, 0.29) is 17.0 Å². The number of nitrogens with one attached hydrogen (secondary N) is 1. The van der Waals surface area contributed by atoms with Crippen LogP contribution in [0.15, 0.2) is 53.5 Å². The number of benzene rings is 2. The monoisotopic (exact) mass is 348 g/mol. The second-order valence-electron chi connectivity index (χ2n) is 6.56. The lowest BCUT2D eigenvalue weighted by Crippen LogP contribution is -2.23. The third-order valence-electron chi connectivity index (χ3n) is 4.79. The molecule has 1 unspecified atom stereocenters. The first kappa shape index (κ1) is 16.4. The Bertz CT molecular complexity index is 1050. The summed E-state index contributed by atoms with van der Waals surface area (Å²) in [7, 11) is 0. The fourth-order valence-electron chi connectivity index (χ4n) is 3.58. The molecule has 2 aromatic carbocycles. The number of ether oxygens (including phenoxy) is 1. The number of aromatic nitrogens is 1. The van der Waals surface area contributed by atoms with Crippen molar-refractivity contribution in [2.24, 2.45) is 0 Å². The van der Waals surface area contributed by atoms with Gasteiger partial charge < -0.3 is 14.6 Å². The summed E-state index contributed by atoms with van der Waals surface area (Å²) >= 11 is 0. The molecule has 1 aliphatic rings. The van der Waals surface area contributed by atoms with Crippen molar-refractivity contribution in [3.05, 3.63) is 70.0 Å². The summed E-state index contributed by atoms with van der Waals surface area (Å²) in [5.74, 6) is 0.347. The average molecular weight is 348 g/mol. The van der Waals surface area contributed by atoms with Crippen molar-refractivity contribution in [1.29, 1.82) is 0 Å². The first-order chi connectivity index (χ1) is 12.6. The number of para-hydroxylation sites is 1. The summed E-state index contributed by atoms with van der Waals surface area (Å²) in [5.41, 5.74) is 2.67. The Morgan fingerprint density at radius 1 is 1.23 bits per heavy atom. The van der Waals surface area contributed by atoms with Gasteiger partial charge in [0.05, 0.1) is 12.1 Å². The molecule has 0 radical (unpaired) electrons. The maximum Gasteiger partial charge on any atom is 0.261 e. The number of anilines is 1. The number of carbonyl (C=O) groups excluding carboxylic acids is 1. The highest BCUT2D eigenvalue weighted by atomic mass is 16.5. The van der Waals surface area contributed by atoms with Gasteiger partial charge in [-0.3, -0.25) is 9.59 Å². The fraction of sp³-hybridized carbons (Fsp3) is 0.238. The molecule has 4 rings (SSSR count). The number of pyridine rings is 1. The number of rotatable bonds is 4. The van der Waals surface area contributed by atoms with Crippen LogP contribution in [0.1, 0.15) is 35.8 Å². The van der Waals surface area contributed by atoms with Gasteiger partial charge in [-0.05, 0) is 56.2 Å². The van der Waals surface area contributed by atoms with Crippen molar-refractivity contribution < 1.29 is 9.53 Å². The summed E-state index contributed by atoms with van der Waals surface area (Å²) < 4.78 is 7.44. The molecule has 132 valence electrons. The summed E-state index contributed by atoms with van der Waals surface area (Å²) in [6.07, 6.45) is 2.57. The van der Waals surface area contributed by atoms with E-state index >= 15 is 0 Å². The third kappa shape index (κ3) is 2.65. The van der Waals surface area contributed by atoms with Crippen molar-refractivity contribution in [2.75, 3.05) is 11.9 Å². The Balaban J connectivity index is 1.70. The third-order valence-corrected chi connectivity index (χ3v) is 4.79. The molecule has 1 atom stereocenters. The predicted octanol–water partition coefficient (Wildman–Crippen LogP) is 3.77. The molecular formula is C21H20N2O3. The second-order valence-corrected chi connectivity index (χ2v) is 6.56. The molecular weight excluding hydrogens is 328 g/mol. The van der Waals surface area contributed by atoms with Gasteiger partial charge in [-0.2, -0.15) is 0 Å². The van der Waals surface area contributed by atoms with E-state index in [1.54, 1.807) is 36.5 Å². The maximum absolute atomic E-state index is 12.8. The highest BCUT2D eigenvalue weighted by Gasteiger charge is 2.24. The van der Waals surface area contributed by atoms with E-state index in [4.69, 9.17) is 4.74 Å². The van der Waals surface area contributed by atoms with Crippen molar-refractivity contribution in [2.45, 2.75) is 26.3 Å². The van der Waals surface area contributed by atoms with E-state index in [1.165, 1.54) is 0 Å². The Kier molecular flexibility index (Phi) is 3.99. The van der Waals surface area contributed by atoms with E-state index in [9.17, 15) is 9.59 Å². The minimum atomic E-state index is -0.394. The van der Waals surface area contributed by atoms with E-state index < -0.39 is 5.91 Å². The minimum absolute atomic E-state index is 0.164. The Morgan fingerprint density at radius 2 is 2.00 bits per heavy atom. The molecule has 5 heteroatoms.